The van der Waals surface area contributed by atoms with Crippen LogP contribution in [0, 0.1) is 0 Å². The fraction of sp³-hybridized carbons (Fsp3) is 0.105. The maximum Gasteiger partial charge on any atom is 0.330 e. The molecule has 0 unspecified atom stereocenters. The van der Waals surface area contributed by atoms with Gasteiger partial charge in [-0.05, 0) is 29.8 Å². The Morgan fingerprint density at radius 3 is 2.35 bits per heavy atom. The van der Waals surface area contributed by atoms with Gasteiger partial charge >= 0.3 is 5.69 Å². The number of halogens is 1. The molecule has 0 bridgehead atoms. The lowest BCUT2D eigenvalue weighted by atomic mass is 10.1. The van der Waals surface area contributed by atoms with Gasteiger partial charge in [0.25, 0.3) is 5.56 Å². The number of hydrogen-bond acceptors (Lipinski definition) is 3. The zero-order valence-corrected chi connectivity index (χ0v) is 14.9. The van der Waals surface area contributed by atoms with E-state index in [9.17, 15) is 9.59 Å². The van der Waals surface area contributed by atoms with E-state index in [1.165, 1.54) is 11.6 Å². The fourth-order valence-corrected chi connectivity index (χ4v) is 3.24. The Labute approximate surface area is 153 Å². The van der Waals surface area contributed by atoms with Crippen molar-refractivity contribution in [1.82, 2.24) is 18.7 Å². The maximum atomic E-state index is 12.9. The van der Waals surface area contributed by atoms with Crippen molar-refractivity contribution in [3.63, 3.8) is 0 Å². The summed E-state index contributed by atoms with van der Waals surface area (Å²) in [4.78, 5) is 29.6. The molecule has 1 aromatic carbocycles. The molecule has 7 heteroatoms. The van der Waals surface area contributed by atoms with Gasteiger partial charge in [-0.25, -0.2) is 9.78 Å². The van der Waals surface area contributed by atoms with Gasteiger partial charge in [-0.2, -0.15) is 0 Å². The van der Waals surface area contributed by atoms with E-state index in [0.29, 0.717) is 27.4 Å². The Morgan fingerprint density at radius 1 is 0.962 bits per heavy atom. The molecule has 0 atom stereocenters. The van der Waals surface area contributed by atoms with Gasteiger partial charge in [0, 0.05) is 31.5 Å². The van der Waals surface area contributed by atoms with Crippen molar-refractivity contribution in [3.05, 3.63) is 80.7 Å². The smallest absolute Gasteiger partial charge is 0.298 e. The first-order chi connectivity index (χ1) is 12.5. The van der Waals surface area contributed by atoms with Crippen molar-refractivity contribution >= 4 is 22.5 Å². The molecule has 0 aliphatic rings. The van der Waals surface area contributed by atoms with Gasteiger partial charge in [-0.15, -0.1) is 0 Å². The molecule has 6 nitrogen and oxygen atoms in total. The number of benzene rings is 1. The van der Waals surface area contributed by atoms with Crippen LogP contribution in [0.3, 0.4) is 0 Å². The normalized spacial score (nSPS) is 11.2. The van der Waals surface area contributed by atoms with Gasteiger partial charge in [0.1, 0.15) is 5.82 Å². The highest BCUT2D eigenvalue weighted by Gasteiger charge is 2.20. The molecule has 26 heavy (non-hydrogen) atoms. The Hall–Kier alpha value is -3.12. The van der Waals surface area contributed by atoms with E-state index >= 15 is 0 Å². The molecule has 0 amide bonds. The van der Waals surface area contributed by atoms with E-state index in [0.717, 1.165) is 10.1 Å². The molecule has 0 aliphatic carbocycles. The molecule has 0 radical (unpaired) electrons. The zero-order chi connectivity index (χ0) is 18.4. The van der Waals surface area contributed by atoms with Crippen LogP contribution in [0.5, 0.6) is 0 Å². The van der Waals surface area contributed by atoms with Crippen LogP contribution < -0.4 is 11.2 Å². The minimum atomic E-state index is -0.372. The van der Waals surface area contributed by atoms with E-state index < -0.39 is 0 Å². The summed E-state index contributed by atoms with van der Waals surface area (Å²) in [6.45, 7) is 0. The maximum absolute atomic E-state index is 12.9. The van der Waals surface area contributed by atoms with E-state index in [-0.39, 0.29) is 11.2 Å². The summed E-state index contributed by atoms with van der Waals surface area (Å²) in [5.74, 6) is 0.656. The summed E-state index contributed by atoms with van der Waals surface area (Å²) in [5, 5.41) is 1.07. The second-order valence-corrected chi connectivity index (χ2v) is 6.44. The molecule has 0 fully saturated rings. The third-order valence-corrected chi connectivity index (χ3v) is 4.70. The van der Waals surface area contributed by atoms with E-state index in [1.807, 2.05) is 34.9 Å². The third-order valence-electron chi connectivity index (χ3n) is 4.45. The topological polar surface area (TPSA) is 61.8 Å². The molecule has 3 heterocycles. The van der Waals surface area contributed by atoms with Crippen molar-refractivity contribution in [2.45, 2.75) is 0 Å². The minimum Gasteiger partial charge on any atom is -0.298 e. The van der Waals surface area contributed by atoms with Gasteiger partial charge in [-0.3, -0.25) is 18.5 Å². The molecule has 0 aliphatic heterocycles. The highest BCUT2D eigenvalue weighted by Crippen LogP contribution is 2.30. The van der Waals surface area contributed by atoms with Crippen LogP contribution in [0.2, 0.25) is 5.02 Å². The van der Waals surface area contributed by atoms with Crippen molar-refractivity contribution in [2.24, 2.45) is 14.1 Å². The van der Waals surface area contributed by atoms with Gasteiger partial charge < -0.3 is 0 Å². The monoisotopic (exact) mass is 366 g/mol. The summed E-state index contributed by atoms with van der Waals surface area (Å²) >= 11 is 6.02. The standard InChI is InChI=1S/C19H15ClN4O2/c1-22-14-11-24(15-5-3-4-10-21-15)17(12-6-8-13(20)9-7-12)16(14)18(25)23(2)19(22)26/h3-11H,1-2H3. The highest BCUT2D eigenvalue weighted by molar-refractivity contribution is 6.30. The van der Waals surface area contributed by atoms with Crippen LogP contribution >= 0.6 is 11.6 Å². The summed E-state index contributed by atoms with van der Waals surface area (Å²) < 4.78 is 4.41. The number of rotatable bonds is 2. The average Bonchev–Trinajstić information content (AvgIpc) is 3.07. The lowest BCUT2D eigenvalue weighted by Crippen LogP contribution is -2.36. The Kier molecular flexibility index (Phi) is 3.77. The number of aryl methyl sites for hydroxylation is 1. The first-order valence-electron chi connectivity index (χ1n) is 7.97. The summed E-state index contributed by atoms with van der Waals surface area (Å²) in [5.41, 5.74) is 1.32. The first-order valence-corrected chi connectivity index (χ1v) is 8.35. The van der Waals surface area contributed by atoms with Crippen LogP contribution in [0.4, 0.5) is 0 Å². The second-order valence-electron chi connectivity index (χ2n) is 6.01. The SMILES string of the molecule is Cn1c(=O)c2c(-c3ccc(Cl)cc3)n(-c3ccccn3)cc2n(C)c1=O. The average molecular weight is 367 g/mol. The fourth-order valence-electron chi connectivity index (χ4n) is 3.11. The first kappa shape index (κ1) is 16.4. The lowest BCUT2D eigenvalue weighted by Gasteiger charge is -2.09. The van der Waals surface area contributed by atoms with Crippen LogP contribution in [0.15, 0.2) is 64.4 Å². The molecule has 0 saturated heterocycles. The van der Waals surface area contributed by atoms with Gasteiger partial charge in [-0.1, -0.05) is 29.8 Å². The number of fused-ring (bicyclic) bond motifs is 1. The summed E-state index contributed by atoms with van der Waals surface area (Å²) in [6, 6.07) is 12.8. The van der Waals surface area contributed by atoms with Crippen LogP contribution in [0.25, 0.3) is 28.0 Å². The second kappa shape index (κ2) is 6.00. The molecule has 3 aromatic heterocycles. The van der Waals surface area contributed by atoms with Crippen LogP contribution in [0.1, 0.15) is 0 Å². The minimum absolute atomic E-state index is 0.345. The predicted octanol–water partition coefficient (Wildman–Crippen LogP) is 2.74. The molecular weight excluding hydrogens is 352 g/mol. The van der Waals surface area contributed by atoms with Crippen molar-refractivity contribution < 1.29 is 0 Å². The number of hydrogen-bond donors (Lipinski definition) is 0. The number of pyridine rings is 1. The van der Waals surface area contributed by atoms with Crippen LogP contribution in [-0.2, 0) is 14.1 Å². The van der Waals surface area contributed by atoms with Gasteiger partial charge in [0.2, 0.25) is 0 Å². The Balaban J connectivity index is 2.21. The Morgan fingerprint density at radius 2 is 1.69 bits per heavy atom. The van der Waals surface area contributed by atoms with Crippen molar-refractivity contribution in [3.8, 4) is 17.1 Å². The largest absolute Gasteiger partial charge is 0.330 e. The summed E-state index contributed by atoms with van der Waals surface area (Å²) in [6.07, 6.45) is 3.45. The van der Waals surface area contributed by atoms with E-state index in [1.54, 1.807) is 31.6 Å². The molecule has 130 valence electrons. The molecule has 0 spiro atoms. The molecule has 0 N–H and O–H groups in total. The van der Waals surface area contributed by atoms with Crippen LogP contribution in [-0.4, -0.2) is 18.7 Å². The van der Waals surface area contributed by atoms with E-state index in [2.05, 4.69) is 4.98 Å². The zero-order valence-electron chi connectivity index (χ0n) is 14.2. The molecule has 0 saturated carbocycles. The Bertz CT molecular complexity index is 1240. The van der Waals surface area contributed by atoms with Crippen molar-refractivity contribution in [1.29, 1.82) is 0 Å². The molecule has 4 aromatic rings. The van der Waals surface area contributed by atoms with Gasteiger partial charge in [0.15, 0.2) is 0 Å². The van der Waals surface area contributed by atoms with Crippen molar-refractivity contribution in [2.75, 3.05) is 0 Å². The summed E-state index contributed by atoms with van der Waals surface area (Å²) in [7, 11) is 3.13. The van der Waals surface area contributed by atoms with Gasteiger partial charge in [0.05, 0.1) is 16.6 Å². The lowest BCUT2D eigenvalue weighted by molar-refractivity contribution is 0.714. The third kappa shape index (κ3) is 2.38. The number of aromatic nitrogens is 4. The van der Waals surface area contributed by atoms with E-state index in [4.69, 9.17) is 11.6 Å². The number of nitrogens with zero attached hydrogens (tertiary/aromatic N) is 4. The highest BCUT2D eigenvalue weighted by atomic mass is 35.5. The molecular formula is C19H15ClN4O2. The molecule has 4 rings (SSSR count). The predicted molar refractivity (Wildman–Crippen MR) is 102 cm³/mol. The quantitative estimate of drug-likeness (QED) is 0.548.